The minimum absolute atomic E-state index is 0.127. The van der Waals surface area contributed by atoms with Crippen molar-refractivity contribution in [2.45, 2.75) is 12.8 Å². The Morgan fingerprint density at radius 3 is 2.75 bits per heavy atom. The second kappa shape index (κ2) is 9.43. The third-order valence-corrected chi connectivity index (χ3v) is 4.39. The normalized spacial score (nSPS) is 11.0. The molecule has 0 fully saturated rings. The van der Waals surface area contributed by atoms with Gasteiger partial charge >= 0.3 is 0 Å². The number of hydrogen-bond donors (Lipinski definition) is 2. The number of rotatable bonds is 8. The Kier molecular flexibility index (Phi) is 6.73. The number of anilines is 1. The summed E-state index contributed by atoms with van der Waals surface area (Å²) in [5, 5.41) is 10.5. The molecule has 2 heterocycles. The Balaban J connectivity index is 1.41. The highest BCUT2D eigenvalue weighted by Gasteiger charge is 2.09. The van der Waals surface area contributed by atoms with Crippen molar-refractivity contribution in [3.8, 4) is 11.3 Å². The molecular weight excluding hydrogens is 381 g/mol. The molecule has 0 atom stereocenters. The van der Waals surface area contributed by atoms with Crippen molar-refractivity contribution in [3.05, 3.63) is 65.2 Å². The molecule has 0 aliphatic carbocycles. The number of nitrogens with one attached hydrogen (secondary N) is 2. The maximum absolute atomic E-state index is 13.0. The van der Waals surface area contributed by atoms with Crippen molar-refractivity contribution in [2.24, 2.45) is 0 Å². The first kappa shape index (κ1) is 20.0. The van der Waals surface area contributed by atoms with Crippen molar-refractivity contribution in [2.75, 3.05) is 25.5 Å². The molecule has 28 heavy (non-hydrogen) atoms. The summed E-state index contributed by atoms with van der Waals surface area (Å²) in [4.78, 5) is 18.0. The van der Waals surface area contributed by atoms with Gasteiger partial charge in [-0.05, 0) is 68.9 Å². The molecule has 1 aromatic carbocycles. The number of pyridine rings is 1. The van der Waals surface area contributed by atoms with Crippen molar-refractivity contribution < 1.29 is 9.18 Å². The van der Waals surface area contributed by atoms with Gasteiger partial charge in [0.2, 0.25) is 5.91 Å². The standard InChI is InChI=1S/C20H21ClFN5O/c1-27(13-20(28)24-19-9-6-15(21)12-23-19)10-2-3-17-11-18(26-25-17)14-4-7-16(22)8-5-14/h4-9,11-12H,2-3,10,13H2,1H3,(H,25,26)(H,23,24,28). The van der Waals surface area contributed by atoms with Gasteiger partial charge in [0.15, 0.2) is 0 Å². The number of benzene rings is 1. The van der Waals surface area contributed by atoms with Crippen LogP contribution in [0.5, 0.6) is 0 Å². The minimum atomic E-state index is -0.265. The van der Waals surface area contributed by atoms with Crippen LogP contribution in [0.3, 0.4) is 0 Å². The predicted molar refractivity (Wildman–Crippen MR) is 108 cm³/mol. The van der Waals surface area contributed by atoms with Gasteiger partial charge in [0.05, 0.1) is 17.3 Å². The van der Waals surface area contributed by atoms with Crippen LogP contribution in [0.1, 0.15) is 12.1 Å². The van der Waals surface area contributed by atoms with Crippen LogP contribution in [0.25, 0.3) is 11.3 Å². The monoisotopic (exact) mass is 401 g/mol. The number of halogens is 2. The number of amides is 1. The van der Waals surface area contributed by atoms with Crippen LogP contribution >= 0.6 is 11.6 Å². The van der Waals surface area contributed by atoms with E-state index < -0.39 is 0 Å². The van der Waals surface area contributed by atoms with E-state index in [0.29, 0.717) is 10.8 Å². The van der Waals surface area contributed by atoms with Gasteiger partial charge in [0.25, 0.3) is 0 Å². The van der Waals surface area contributed by atoms with Gasteiger partial charge in [-0.1, -0.05) is 11.6 Å². The van der Waals surface area contributed by atoms with Crippen LogP contribution in [0.15, 0.2) is 48.7 Å². The average molecular weight is 402 g/mol. The zero-order valence-electron chi connectivity index (χ0n) is 15.5. The summed E-state index contributed by atoms with van der Waals surface area (Å²) in [5.41, 5.74) is 2.66. The molecule has 0 spiro atoms. The SMILES string of the molecule is CN(CCCc1cc(-c2ccc(F)cc2)n[nH]1)CC(=O)Nc1ccc(Cl)cn1. The van der Waals surface area contributed by atoms with Crippen LogP contribution in [0, 0.1) is 5.82 Å². The first-order valence-electron chi connectivity index (χ1n) is 8.90. The lowest BCUT2D eigenvalue weighted by Crippen LogP contribution is -2.31. The van der Waals surface area contributed by atoms with E-state index in [1.54, 1.807) is 24.3 Å². The lowest BCUT2D eigenvalue weighted by Gasteiger charge is -2.15. The van der Waals surface area contributed by atoms with E-state index in [1.807, 2.05) is 18.0 Å². The minimum Gasteiger partial charge on any atom is -0.310 e. The van der Waals surface area contributed by atoms with Gasteiger partial charge in [0.1, 0.15) is 11.6 Å². The zero-order chi connectivity index (χ0) is 19.9. The Labute approximate surface area is 167 Å². The summed E-state index contributed by atoms with van der Waals surface area (Å²) in [6.07, 6.45) is 3.17. The summed E-state index contributed by atoms with van der Waals surface area (Å²) in [6, 6.07) is 11.6. The number of carbonyl (C=O) groups is 1. The summed E-state index contributed by atoms with van der Waals surface area (Å²) >= 11 is 5.78. The van der Waals surface area contributed by atoms with Crippen molar-refractivity contribution in [3.63, 3.8) is 0 Å². The Morgan fingerprint density at radius 2 is 2.04 bits per heavy atom. The van der Waals surface area contributed by atoms with E-state index in [-0.39, 0.29) is 18.3 Å². The zero-order valence-corrected chi connectivity index (χ0v) is 16.2. The number of carbonyl (C=O) groups excluding carboxylic acids is 1. The highest BCUT2D eigenvalue weighted by molar-refractivity contribution is 6.30. The molecule has 8 heteroatoms. The summed E-state index contributed by atoms with van der Waals surface area (Å²) in [6.45, 7) is 1.03. The molecule has 6 nitrogen and oxygen atoms in total. The molecule has 0 radical (unpaired) electrons. The number of aromatic amines is 1. The van der Waals surface area contributed by atoms with Crippen molar-refractivity contribution in [1.29, 1.82) is 0 Å². The molecule has 3 aromatic rings. The molecule has 2 N–H and O–H groups in total. The molecule has 2 aromatic heterocycles. The van der Waals surface area contributed by atoms with Gasteiger partial charge in [0, 0.05) is 17.5 Å². The van der Waals surface area contributed by atoms with Crippen LogP contribution in [0.2, 0.25) is 5.02 Å². The maximum atomic E-state index is 13.0. The summed E-state index contributed by atoms with van der Waals surface area (Å²) in [7, 11) is 1.89. The molecule has 0 saturated heterocycles. The Bertz CT molecular complexity index is 911. The van der Waals surface area contributed by atoms with E-state index >= 15 is 0 Å². The van der Waals surface area contributed by atoms with Crippen molar-refractivity contribution in [1.82, 2.24) is 20.1 Å². The fourth-order valence-corrected chi connectivity index (χ4v) is 2.87. The molecule has 0 aliphatic heterocycles. The molecular formula is C20H21ClFN5O. The quantitative estimate of drug-likeness (QED) is 0.602. The van der Waals surface area contributed by atoms with E-state index in [4.69, 9.17) is 11.6 Å². The fraction of sp³-hybridized carbons (Fsp3) is 0.250. The molecule has 0 aliphatic rings. The van der Waals surface area contributed by atoms with Gasteiger partial charge < -0.3 is 5.32 Å². The number of aromatic nitrogens is 3. The third kappa shape index (κ3) is 5.87. The van der Waals surface area contributed by atoms with E-state index in [0.717, 1.165) is 36.3 Å². The van der Waals surface area contributed by atoms with E-state index in [1.165, 1.54) is 18.3 Å². The lowest BCUT2D eigenvalue weighted by atomic mass is 10.1. The molecule has 3 rings (SSSR count). The highest BCUT2D eigenvalue weighted by Crippen LogP contribution is 2.18. The Morgan fingerprint density at radius 1 is 1.25 bits per heavy atom. The smallest absolute Gasteiger partial charge is 0.239 e. The van der Waals surface area contributed by atoms with Crippen LogP contribution in [-0.4, -0.2) is 46.1 Å². The average Bonchev–Trinajstić information content (AvgIpc) is 3.13. The highest BCUT2D eigenvalue weighted by atomic mass is 35.5. The molecule has 146 valence electrons. The van der Waals surface area contributed by atoms with Gasteiger partial charge in [-0.25, -0.2) is 9.37 Å². The predicted octanol–water partition coefficient (Wildman–Crippen LogP) is 3.77. The second-order valence-electron chi connectivity index (χ2n) is 6.54. The third-order valence-electron chi connectivity index (χ3n) is 4.17. The number of H-pyrrole nitrogens is 1. The second-order valence-corrected chi connectivity index (χ2v) is 6.97. The molecule has 0 unspecified atom stereocenters. The van der Waals surface area contributed by atoms with Crippen LogP contribution in [-0.2, 0) is 11.2 Å². The van der Waals surface area contributed by atoms with Gasteiger partial charge in [-0.3, -0.25) is 14.8 Å². The molecule has 0 bridgehead atoms. The van der Waals surface area contributed by atoms with E-state index in [2.05, 4.69) is 20.5 Å². The number of aryl methyl sites for hydroxylation is 1. The number of hydrogen-bond acceptors (Lipinski definition) is 4. The first-order chi connectivity index (χ1) is 13.5. The van der Waals surface area contributed by atoms with Crippen molar-refractivity contribution >= 4 is 23.3 Å². The first-order valence-corrected chi connectivity index (χ1v) is 9.27. The van der Waals surface area contributed by atoms with Gasteiger partial charge in [-0.2, -0.15) is 5.10 Å². The summed E-state index contributed by atoms with van der Waals surface area (Å²) < 4.78 is 13.0. The fourth-order valence-electron chi connectivity index (χ4n) is 2.75. The van der Waals surface area contributed by atoms with Crippen LogP contribution in [0.4, 0.5) is 10.2 Å². The number of likely N-dealkylation sites (N-methyl/N-ethyl adjacent to an activating group) is 1. The summed E-state index contributed by atoms with van der Waals surface area (Å²) in [5.74, 6) is 0.0875. The lowest BCUT2D eigenvalue weighted by molar-refractivity contribution is -0.117. The largest absolute Gasteiger partial charge is 0.310 e. The molecule has 0 saturated carbocycles. The topological polar surface area (TPSA) is 73.9 Å². The van der Waals surface area contributed by atoms with E-state index in [9.17, 15) is 9.18 Å². The number of nitrogens with zero attached hydrogens (tertiary/aromatic N) is 3. The maximum Gasteiger partial charge on any atom is 0.239 e. The van der Waals surface area contributed by atoms with Gasteiger partial charge in [-0.15, -0.1) is 0 Å². The van der Waals surface area contributed by atoms with Crippen LogP contribution < -0.4 is 5.32 Å². The molecule has 1 amide bonds. The Hall–Kier alpha value is -2.77.